The van der Waals surface area contributed by atoms with Gasteiger partial charge in [0.2, 0.25) is 11.8 Å². The van der Waals surface area contributed by atoms with Crippen molar-refractivity contribution in [2.75, 3.05) is 17.4 Å². The van der Waals surface area contributed by atoms with Crippen LogP contribution in [0.25, 0.3) is 0 Å². The molecule has 0 radical (unpaired) electrons. The minimum Gasteiger partial charge on any atom is -0.354 e. The molecule has 0 spiro atoms. The van der Waals surface area contributed by atoms with Crippen molar-refractivity contribution in [3.8, 4) is 0 Å². The summed E-state index contributed by atoms with van der Waals surface area (Å²) in [6.45, 7) is 5.48. The van der Waals surface area contributed by atoms with Gasteiger partial charge in [-0.25, -0.2) is 8.42 Å². The number of hydrogen-bond donors (Lipinski definition) is 1. The Bertz CT molecular complexity index is 1380. The first kappa shape index (κ1) is 29.7. The van der Waals surface area contributed by atoms with Crippen LogP contribution in [0.5, 0.6) is 0 Å². The lowest BCUT2D eigenvalue weighted by Gasteiger charge is -2.32. The fourth-order valence-corrected chi connectivity index (χ4v) is 5.81. The molecular formula is C28H31BrClN3O4S. The van der Waals surface area contributed by atoms with E-state index in [1.807, 2.05) is 13.8 Å². The topological polar surface area (TPSA) is 86.8 Å². The molecule has 0 aliphatic rings. The molecule has 3 rings (SSSR count). The number of halogens is 2. The average molecular weight is 621 g/mol. The minimum atomic E-state index is -4.11. The van der Waals surface area contributed by atoms with Crippen molar-refractivity contribution in [3.05, 3.63) is 93.4 Å². The van der Waals surface area contributed by atoms with Crippen LogP contribution in [0.4, 0.5) is 5.69 Å². The maximum Gasteiger partial charge on any atom is 0.264 e. The summed E-state index contributed by atoms with van der Waals surface area (Å²) in [5.74, 6) is -0.850. The highest BCUT2D eigenvalue weighted by molar-refractivity contribution is 9.10. The second-order valence-corrected chi connectivity index (χ2v) is 12.1. The molecule has 1 N–H and O–H groups in total. The molecule has 3 aromatic rings. The zero-order valence-corrected chi connectivity index (χ0v) is 24.7. The van der Waals surface area contributed by atoms with E-state index in [-0.39, 0.29) is 17.3 Å². The molecule has 0 aromatic heterocycles. The second kappa shape index (κ2) is 13.3. The van der Waals surface area contributed by atoms with Crippen molar-refractivity contribution in [1.29, 1.82) is 0 Å². The van der Waals surface area contributed by atoms with Gasteiger partial charge in [-0.3, -0.25) is 13.9 Å². The number of sulfonamides is 1. The number of carbonyl (C=O) groups is 2. The van der Waals surface area contributed by atoms with E-state index in [1.54, 1.807) is 67.6 Å². The Morgan fingerprint density at radius 1 is 1.03 bits per heavy atom. The van der Waals surface area contributed by atoms with E-state index in [0.717, 1.165) is 21.9 Å². The van der Waals surface area contributed by atoms with Crippen LogP contribution in [-0.2, 0) is 26.2 Å². The Hall–Kier alpha value is -2.88. The highest BCUT2D eigenvalue weighted by Crippen LogP contribution is 2.27. The molecule has 1 atom stereocenters. The van der Waals surface area contributed by atoms with Crippen LogP contribution in [0.15, 0.2) is 82.2 Å². The molecule has 2 amide bonds. The number of anilines is 1. The summed E-state index contributed by atoms with van der Waals surface area (Å²) in [7, 11) is -4.11. The normalized spacial score (nSPS) is 12.0. The second-order valence-electron chi connectivity index (χ2n) is 8.92. The molecule has 0 saturated heterocycles. The van der Waals surface area contributed by atoms with Crippen molar-refractivity contribution in [3.63, 3.8) is 0 Å². The summed E-state index contributed by atoms with van der Waals surface area (Å²) in [6.07, 6.45) is 0.742. The van der Waals surface area contributed by atoms with Crippen LogP contribution in [0, 0.1) is 6.92 Å². The molecule has 0 aliphatic heterocycles. The van der Waals surface area contributed by atoms with Gasteiger partial charge in [0.1, 0.15) is 12.6 Å². The third-order valence-corrected chi connectivity index (χ3v) is 8.46. The predicted octanol–water partition coefficient (Wildman–Crippen LogP) is 5.55. The third-order valence-electron chi connectivity index (χ3n) is 5.94. The Balaban J connectivity index is 2.02. The van der Waals surface area contributed by atoms with Gasteiger partial charge in [-0.2, -0.15) is 0 Å². The van der Waals surface area contributed by atoms with E-state index in [4.69, 9.17) is 11.6 Å². The Kier molecular flexibility index (Phi) is 10.4. The standard InChI is InChI=1S/C28H31BrClN3O4S/c1-4-15-31-28(35)21(3)32(18-22-7-5-9-24(30)16-22)27(34)19-33(25-10-6-8-23(29)17-25)38(36,37)26-13-11-20(2)12-14-26/h5-14,16-17,21H,4,15,18-19H2,1-3H3,(H,31,35)/t21-/m0/s1. The number of nitrogens with one attached hydrogen (secondary N) is 1. The van der Waals surface area contributed by atoms with Gasteiger partial charge in [-0.1, -0.05) is 70.3 Å². The van der Waals surface area contributed by atoms with Crippen molar-refractivity contribution < 1.29 is 18.0 Å². The van der Waals surface area contributed by atoms with E-state index < -0.39 is 28.5 Å². The number of nitrogens with zero attached hydrogens (tertiary/aromatic N) is 2. The van der Waals surface area contributed by atoms with Gasteiger partial charge >= 0.3 is 0 Å². The van der Waals surface area contributed by atoms with Gasteiger partial charge in [0, 0.05) is 22.6 Å². The van der Waals surface area contributed by atoms with Crippen LogP contribution in [0.2, 0.25) is 5.02 Å². The molecule has 202 valence electrons. The summed E-state index contributed by atoms with van der Waals surface area (Å²) < 4.78 is 29.3. The van der Waals surface area contributed by atoms with Crippen LogP contribution in [0.3, 0.4) is 0 Å². The predicted molar refractivity (Wildman–Crippen MR) is 155 cm³/mol. The summed E-state index contributed by atoms with van der Waals surface area (Å²) >= 11 is 9.55. The summed E-state index contributed by atoms with van der Waals surface area (Å²) in [5, 5.41) is 3.32. The summed E-state index contributed by atoms with van der Waals surface area (Å²) in [4.78, 5) is 28.2. The molecule has 0 heterocycles. The molecule has 10 heteroatoms. The quantitative estimate of drug-likeness (QED) is 0.305. The van der Waals surface area contributed by atoms with Gasteiger partial charge < -0.3 is 10.2 Å². The summed E-state index contributed by atoms with van der Waals surface area (Å²) in [6, 6.07) is 19.3. The SMILES string of the molecule is CCCNC(=O)[C@H](C)N(Cc1cccc(Cl)c1)C(=O)CN(c1cccc(Br)c1)S(=O)(=O)c1ccc(C)cc1. The lowest BCUT2D eigenvalue weighted by molar-refractivity contribution is -0.139. The van der Waals surface area contributed by atoms with Crippen LogP contribution < -0.4 is 9.62 Å². The van der Waals surface area contributed by atoms with Gasteiger partial charge in [-0.15, -0.1) is 0 Å². The Labute approximate surface area is 238 Å². The van der Waals surface area contributed by atoms with Gasteiger partial charge in [0.05, 0.1) is 10.6 Å². The fourth-order valence-electron chi connectivity index (χ4n) is 3.81. The van der Waals surface area contributed by atoms with E-state index in [0.29, 0.717) is 21.7 Å². The number of benzene rings is 3. The first-order chi connectivity index (χ1) is 18.0. The number of rotatable bonds is 11. The van der Waals surface area contributed by atoms with Gasteiger partial charge in [-0.05, 0) is 68.3 Å². The Morgan fingerprint density at radius 2 is 1.71 bits per heavy atom. The van der Waals surface area contributed by atoms with Crippen molar-refractivity contribution >= 4 is 55.1 Å². The molecule has 0 saturated carbocycles. The molecule has 0 unspecified atom stereocenters. The smallest absolute Gasteiger partial charge is 0.264 e. The first-order valence-corrected chi connectivity index (χ1v) is 14.8. The largest absolute Gasteiger partial charge is 0.354 e. The molecule has 3 aromatic carbocycles. The van der Waals surface area contributed by atoms with Crippen molar-refractivity contribution in [1.82, 2.24) is 10.2 Å². The maximum atomic E-state index is 13.8. The Morgan fingerprint density at radius 3 is 2.34 bits per heavy atom. The van der Waals surface area contributed by atoms with Crippen molar-refractivity contribution in [2.24, 2.45) is 0 Å². The molecule has 38 heavy (non-hydrogen) atoms. The number of hydrogen-bond acceptors (Lipinski definition) is 4. The zero-order chi connectivity index (χ0) is 27.9. The summed E-state index contributed by atoms with van der Waals surface area (Å²) in [5.41, 5.74) is 1.95. The van der Waals surface area contributed by atoms with Gasteiger partial charge in [0.25, 0.3) is 10.0 Å². The number of amides is 2. The van der Waals surface area contributed by atoms with Crippen LogP contribution in [0.1, 0.15) is 31.4 Å². The molecular weight excluding hydrogens is 590 g/mol. The van der Waals surface area contributed by atoms with Gasteiger partial charge in [0.15, 0.2) is 0 Å². The monoisotopic (exact) mass is 619 g/mol. The van der Waals surface area contributed by atoms with E-state index in [9.17, 15) is 18.0 Å². The van der Waals surface area contributed by atoms with E-state index in [1.165, 1.54) is 17.0 Å². The van der Waals surface area contributed by atoms with E-state index >= 15 is 0 Å². The molecule has 0 fully saturated rings. The molecule has 0 aliphatic carbocycles. The number of carbonyl (C=O) groups excluding carboxylic acids is 2. The lowest BCUT2D eigenvalue weighted by Crippen LogP contribution is -2.51. The molecule has 0 bridgehead atoms. The zero-order valence-electron chi connectivity index (χ0n) is 21.5. The average Bonchev–Trinajstić information content (AvgIpc) is 2.88. The third kappa shape index (κ3) is 7.58. The fraction of sp³-hybridized carbons (Fsp3) is 0.286. The number of aryl methyl sites for hydroxylation is 1. The van der Waals surface area contributed by atoms with Crippen molar-refractivity contribution in [2.45, 2.75) is 44.7 Å². The first-order valence-electron chi connectivity index (χ1n) is 12.2. The lowest BCUT2D eigenvalue weighted by atomic mass is 10.1. The van der Waals surface area contributed by atoms with Crippen LogP contribution in [-0.4, -0.2) is 44.3 Å². The van der Waals surface area contributed by atoms with E-state index in [2.05, 4.69) is 21.2 Å². The van der Waals surface area contributed by atoms with Crippen LogP contribution >= 0.6 is 27.5 Å². The minimum absolute atomic E-state index is 0.0611. The highest BCUT2D eigenvalue weighted by Gasteiger charge is 2.32. The molecule has 7 nitrogen and oxygen atoms in total. The maximum absolute atomic E-state index is 13.8. The highest BCUT2D eigenvalue weighted by atomic mass is 79.9.